The van der Waals surface area contributed by atoms with E-state index in [4.69, 9.17) is 11.6 Å². The van der Waals surface area contributed by atoms with Gasteiger partial charge in [0.1, 0.15) is 0 Å². The minimum atomic E-state index is 0.777. The van der Waals surface area contributed by atoms with Gasteiger partial charge in [-0.05, 0) is 31.2 Å². The summed E-state index contributed by atoms with van der Waals surface area (Å²) in [5.41, 5.74) is 2.16. The highest BCUT2D eigenvalue weighted by Crippen LogP contribution is 2.24. The standard InChI is InChI=1S/C13H12ClN/c1-2-6-11-12(14)7-5-8-13(11)15-9-3-4-10-15/h2-10H,1H3/b6-2+. The Balaban J connectivity index is 2.61. The van der Waals surface area contributed by atoms with Gasteiger partial charge in [-0.3, -0.25) is 0 Å². The summed E-state index contributed by atoms with van der Waals surface area (Å²) >= 11 is 6.16. The van der Waals surface area contributed by atoms with Crippen LogP contribution in [0.4, 0.5) is 0 Å². The molecule has 0 aliphatic carbocycles. The van der Waals surface area contributed by atoms with E-state index in [-0.39, 0.29) is 0 Å². The Kier molecular flexibility index (Phi) is 2.93. The van der Waals surface area contributed by atoms with Gasteiger partial charge in [-0.25, -0.2) is 0 Å². The highest BCUT2D eigenvalue weighted by atomic mass is 35.5. The van der Waals surface area contributed by atoms with Gasteiger partial charge in [0.15, 0.2) is 0 Å². The first kappa shape index (κ1) is 10.1. The molecule has 15 heavy (non-hydrogen) atoms. The van der Waals surface area contributed by atoms with Gasteiger partial charge in [-0.2, -0.15) is 0 Å². The van der Waals surface area contributed by atoms with E-state index in [1.54, 1.807) is 0 Å². The lowest BCUT2D eigenvalue weighted by molar-refractivity contribution is 1.08. The van der Waals surface area contributed by atoms with Crippen molar-refractivity contribution >= 4 is 17.7 Å². The van der Waals surface area contributed by atoms with E-state index in [9.17, 15) is 0 Å². The predicted octanol–water partition coefficient (Wildman–Crippen LogP) is 4.16. The minimum Gasteiger partial charge on any atom is -0.323 e. The molecule has 0 unspecified atom stereocenters. The lowest BCUT2D eigenvalue weighted by Gasteiger charge is -2.08. The Hall–Kier alpha value is -1.47. The average Bonchev–Trinajstić information content (AvgIpc) is 2.74. The van der Waals surface area contributed by atoms with Crippen LogP contribution in [0.15, 0.2) is 48.8 Å². The first-order chi connectivity index (χ1) is 7.33. The van der Waals surface area contributed by atoms with Gasteiger partial charge < -0.3 is 4.57 Å². The molecule has 0 saturated carbocycles. The molecular weight excluding hydrogens is 206 g/mol. The van der Waals surface area contributed by atoms with Crippen LogP contribution in [0.2, 0.25) is 5.02 Å². The highest BCUT2D eigenvalue weighted by Gasteiger charge is 2.04. The van der Waals surface area contributed by atoms with Crippen LogP contribution in [0.1, 0.15) is 12.5 Å². The zero-order valence-electron chi connectivity index (χ0n) is 8.52. The van der Waals surface area contributed by atoms with Crippen LogP contribution in [0, 0.1) is 0 Å². The fourth-order valence-electron chi connectivity index (χ4n) is 1.58. The molecule has 0 fully saturated rings. The van der Waals surface area contributed by atoms with Crippen molar-refractivity contribution in [3.8, 4) is 5.69 Å². The van der Waals surface area contributed by atoms with Gasteiger partial charge in [0, 0.05) is 23.0 Å². The Morgan fingerprint density at radius 2 is 1.87 bits per heavy atom. The summed E-state index contributed by atoms with van der Waals surface area (Å²) in [6.45, 7) is 1.99. The molecule has 2 heteroatoms. The highest BCUT2D eigenvalue weighted by molar-refractivity contribution is 6.32. The number of benzene rings is 1. The van der Waals surface area contributed by atoms with Crippen molar-refractivity contribution in [2.45, 2.75) is 6.92 Å². The fourth-order valence-corrected chi connectivity index (χ4v) is 1.81. The molecule has 0 aliphatic heterocycles. The van der Waals surface area contributed by atoms with Crippen molar-refractivity contribution in [2.75, 3.05) is 0 Å². The second-order valence-corrected chi connectivity index (χ2v) is 3.67. The fraction of sp³-hybridized carbons (Fsp3) is 0.0769. The molecule has 76 valence electrons. The molecule has 1 nitrogen and oxygen atoms in total. The van der Waals surface area contributed by atoms with Crippen molar-refractivity contribution in [2.24, 2.45) is 0 Å². The SMILES string of the molecule is C/C=C/c1c(Cl)cccc1-n1cccc1. The van der Waals surface area contributed by atoms with Gasteiger partial charge in [0.05, 0.1) is 5.69 Å². The molecule has 0 N–H and O–H groups in total. The quantitative estimate of drug-likeness (QED) is 0.712. The smallest absolute Gasteiger partial charge is 0.0536 e. The van der Waals surface area contributed by atoms with Crippen molar-refractivity contribution in [1.29, 1.82) is 0 Å². The third-order valence-corrected chi connectivity index (χ3v) is 2.58. The number of nitrogens with zero attached hydrogens (tertiary/aromatic N) is 1. The first-order valence-corrected chi connectivity index (χ1v) is 5.25. The van der Waals surface area contributed by atoms with Crippen molar-refractivity contribution < 1.29 is 0 Å². The Morgan fingerprint density at radius 1 is 1.13 bits per heavy atom. The monoisotopic (exact) mass is 217 g/mol. The molecule has 0 atom stereocenters. The average molecular weight is 218 g/mol. The molecule has 1 heterocycles. The number of aromatic nitrogens is 1. The summed E-state index contributed by atoms with van der Waals surface area (Å²) in [6.07, 6.45) is 8.04. The van der Waals surface area contributed by atoms with Gasteiger partial charge in [0.25, 0.3) is 0 Å². The van der Waals surface area contributed by atoms with E-state index < -0.39 is 0 Å². The number of hydrogen-bond donors (Lipinski definition) is 0. The van der Waals surface area contributed by atoms with Crippen molar-refractivity contribution in [3.05, 3.63) is 59.4 Å². The maximum atomic E-state index is 6.16. The molecule has 0 spiro atoms. The second kappa shape index (κ2) is 4.37. The summed E-state index contributed by atoms with van der Waals surface area (Å²) in [4.78, 5) is 0. The van der Waals surface area contributed by atoms with Gasteiger partial charge >= 0.3 is 0 Å². The third kappa shape index (κ3) is 1.97. The Labute approximate surface area is 94.6 Å². The van der Waals surface area contributed by atoms with Gasteiger partial charge in [-0.15, -0.1) is 0 Å². The number of allylic oxidation sites excluding steroid dienone is 1. The van der Waals surface area contributed by atoms with Crippen LogP contribution < -0.4 is 0 Å². The summed E-state index contributed by atoms with van der Waals surface area (Å²) in [5.74, 6) is 0. The van der Waals surface area contributed by atoms with Crippen LogP contribution >= 0.6 is 11.6 Å². The van der Waals surface area contributed by atoms with Crippen LogP contribution in [-0.4, -0.2) is 4.57 Å². The molecule has 2 rings (SSSR count). The maximum absolute atomic E-state index is 6.16. The molecule has 0 saturated heterocycles. The number of rotatable bonds is 2. The first-order valence-electron chi connectivity index (χ1n) is 4.87. The predicted molar refractivity (Wildman–Crippen MR) is 65.5 cm³/mol. The summed E-state index contributed by atoms with van der Waals surface area (Å²) < 4.78 is 2.06. The van der Waals surface area contributed by atoms with Crippen LogP contribution in [-0.2, 0) is 0 Å². The number of halogens is 1. The zero-order valence-corrected chi connectivity index (χ0v) is 9.28. The molecule has 0 aliphatic rings. The van der Waals surface area contributed by atoms with Crippen LogP contribution in [0.5, 0.6) is 0 Å². The third-order valence-electron chi connectivity index (χ3n) is 2.25. The van der Waals surface area contributed by atoms with Gasteiger partial charge in [0.2, 0.25) is 0 Å². The van der Waals surface area contributed by atoms with E-state index >= 15 is 0 Å². The number of hydrogen-bond acceptors (Lipinski definition) is 0. The molecule has 1 aromatic heterocycles. The lowest BCUT2D eigenvalue weighted by Crippen LogP contribution is -1.93. The van der Waals surface area contributed by atoms with E-state index in [1.165, 1.54) is 0 Å². The topological polar surface area (TPSA) is 4.93 Å². The molecule has 2 aromatic rings. The van der Waals surface area contributed by atoms with Crippen molar-refractivity contribution in [1.82, 2.24) is 4.57 Å². The molecular formula is C13H12ClN. The Morgan fingerprint density at radius 3 is 2.53 bits per heavy atom. The van der Waals surface area contributed by atoms with Crippen LogP contribution in [0.25, 0.3) is 11.8 Å². The largest absolute Gasteiger partial charge is 0.323 e. The van der Waals surface area contributed by atoms with Crippen LogP contribution in [0.3, 0.4) is 0 Å². The molecule has 1 aromatic carbocycles. The lowest BCUT2D eigenvalue weighted by atomic mass is 10.1. The Bertz CT molecular complexity index is 469. The van der Waals surface area contributed by atoms with E-state index in [0.29, 0.717) is 0 Å². The van der Waals surface area contributed by atoms with Crippen molar-refractivity contribution in [3.63, 3.8) is 0 Å². The van der Waals surface area contributed by atoms with E-state index in [1.807, 2.05) is 55.7 Å². The molecule has 0 radical (unpaired) electrons. The maximum Gasteiger partial charge on any atom is 0.0536 e. The minimum absolute atomic E-state index is 0.777. The summed E-state index contributed by atoms with van der Waals surface area (Å²) in [7, 11) is 0. The normalized spacial score (nSPS) is 11.1. The van der Waals surface area contributed by atoms with E-state index in [0.717, 1.165) is 16.3 Å². The zero-order chi connectivity index (χ0) is 10.7. The summed E-state index contributed by atoms with van der Waals surface area (Å²) in [6, 6.07) is 9.93. The molecule has 0 bridgehead atoms. The second-order valence-electron chi connectivity index (χ2n) is 3.26. The van der Waals surface area contributed by atoms with E-state index in [2.05, 4.69) is 10.6 Å². The summed E-state index contributed by atoms with van der Waals surface area (Å²) in [5, 5.41) is 0.777. The van der Waals surface area contributed by atoms with Gasteiger partial charge in [-0.1, -0.05) is 29.8 Å². The molecule has 0 amide bonds.